The van der Waals surface area contributed by atoms with Gasteiger partial charge in [-0.15, -0.1) is 0 Å². The molecule has 10 heteroatoms. The fourth-order valence-electron chi connectivity index (χ4n) is 5.67. The van der Waals surface area contributed by atoms with Crippen LogP contribution in [0, 0.1) is 11.6 Å². The van der Waals surface area contributed by atoms with Gasteiger partial charge in [0.15, 0.2) is 0 Å². The molecule has 2 aliphatic heterocycles. The maximum absolute atomic E-state index is 14.6. The zero-order valence-corrected chi connectivity index (χ0v) is 24.8. The van der Waals surface area contributed by atoms with Crippen molar-refractivity contribution in [3.63, 3.8) is 0 Å². The molecule has 2 heterocycles. The van der Waals surface area contributed by atoms with Crippen molar-refractivity contribution in [2.75, 3.05) is 20.1 Å². The van der Waals surface area contributed by atoms with E-state index in [0.717, 1.165) is 37.0 Å². The summed E-state index contributed by atoms with van der Waals surface area (Å²) in [5.41, 5.74) is 2.25. The maximum Gasteiger partial charge on any atom is 0.322 e. The number of piperidine rings is 1. The topological polar surface area (TPSA) is 73.0 Å². The van der Waals surface area contributed by atoms with Crippen LogP contribution in [0.25, 0.3) is 0 Å². The minimum Gasteiger partial charge on any atom is -0.339 e. The summed E-state index contributed by atoms with van der Waals surface area (Å²) >= 11 is 6.38. The van der Waals surface area contributed by atoms with E-state index in [4.69, 9.17) is 11.6 Å². The minimum atomic E-state index is -0.951. The molecule has 3 aromatic rings. The molecule has 1 unspecified atom stereocenters. The highest BCUT2D eigenvalue weighted by Gasteiger charge is 2.39. The number of rotatable bonds is 7. The number of carbonyl (C=O) groups excluding carboxylic acids is 3. The van der Waals surface area contributed by atoms with Gasteiger partial charge in [-0.1, -0.05) is 54.1 Å². The van der Waals surface area contributed by atoms with Gasteiger partial charge in [-0.05, 0) is 55.5 Å². The van der Waals surface area contributed by atoms with Crippen LogP contribution in [0.1, 0.15) is 59.3 Å². The summed E-state index contributed by atoms with van der Waals surface area (Å²) in [5, 5.41) is 3.42. The average molecular weight is 607 g/mol. The van der Waals surface area contributed by atoms with Crippen LogP contribution in [-0.4, -0.2) is 52.7 Å². The summed E-state index contributed by atoms with van der Waals surface area (Å²) in [4.78, 5) is 46.1. The molecular weight excluding hydrogens is 574 g/mol. The quantitative estimate of drug-likeness (QED) is 0.336. The standard InChI is InChI=1S/C33H33ClF2N4O3/c1-21-29(32(42)38(2)19-22-10-4-7-13-27(22)34)30(37-33(43)40(21)20-23-14-15-24(35)18-28(23)36)25-11-5-6-12-26(25)31(41)39-16-8-3-9-17-39/h4-7,10-15,18,30H,3,8-9,16-17,19-20H2,1-2H3,(H,37,43). The molecule has 7 nitrogen and oxygen atoms in total. The molecule has 4 amide bonds. The third-order valence-electron chi connectivity index (χ3n) is 8.03. The zero-order valence-electron chi connectivity index (χ0n) is 24.1. The van der Waals surface area contributed by atoms with Gasteiger partial charge in [0.2, 0.25) is 0 Å². The van der Waals surface area contributed by atoms with Gasteiger partial charge in [-0.25, -0.2) is 13.6 Å². The fraction of sp³-hybridized carbons (Fsp3) is 0.303. The number of amides is 4. The number of carbonyl (C=O) groups is 3. The Balaban J connectivity index is 1.57. The van der Waals surface area contributed by atoms with Crippen molar-refractivity contribution in [2.24, 2.45) is 0 Å². The first-order valence-electron chi connectivity index (χ1n) is 14.3. The predicted octanol–water partition coefficient (Wildman–Crippen LogP) is 6.44. The molecular formula is C33H33ClF2N4O3. The number of hydrogen-bond acceptors (Lipinski definition) is 3. The number of hydrogen-bond donors (Lipinski definition) is 1. The lowest BCUT2D eigenvalue weighted by atomic mass is 9.89. The number of likely N-dealkylation sites (N-methyl/N-ethyl adjacent to an activating group) is 1. The van der Waals surface area contributed by atoms with E-state index in [-0.39, 0.29) is 30.1 Å². The molecule has 0 bridgehead atoms. The molecule has 0 radical (unpaired) electrons. The second-order valence-electron chi connectivity index (χ2n) is 10.9. The SMILES string of the molecule is CC1=C(C(=O)N(C)Cc2ccccc2Cl)C(c2ccccc2C(=O)N2CCCCC2)NC(=O)N1Cc1ccc(F)cc1F. The number of halogens is 3. The van der Waals surface area contributed by atoms with Crippen molar-refractivity contribution in [1.82, 2.24) is 20.0 Å². The Morgan fingerprint density at radius 2 is 1.67 bits per heavy atom. The predicted molar refractivity (Wildman–Crippen MR) is 160 cm³/mol. The lowest BCUT2D eigenvalue weighted by Crippen LogP contribution is -2.49. The fourth-order valence-corrected chi connectivity index (χ4v) is 5.87. The highest BCUT2D eigenvalue weighted by molar-refractivity contribution is 6.31. The van der Waals surface area contributed by atoms with E-state index in [2.05, 4.69) is 5.32 Å². The van der Waals surface area contributed by atoms with Gasteiger partial charge in [0.25, 0.3) is 11.8 Å². The van der Waals surface area contributed by atoms with E-state index in [9.17, 15) is 23.2 Å². The lowest BCUT2D eigenvalue weighted by Gasteiger charge is -2.38. The van der Waals surface area contributed by atoms with E-state index in [0.29, 0.717) is 34.9 Å². The molecule has 2 aliphatic rings. The minimum absolute atomic E-state index is 0.0891. The molecule has 1 saturated heterocycles. The Labute approximate surface area is 254 Å². The van der Waals surface area contributed by atoms with Gasteiger partial charge in [-0.3, -0.25) is 14.5 Å². The molecule has 5 rings (SSSR count). The van der Waals surface area contributed by atoms with Gasteiger partial charge in [0.1, 0.15) is 11.6 Å². The van der Waals surface area contributed by atoms with Gasteiger partial charge in [0.05, 0.1) is 18.2 Å². The van der Waals surface area contributed by atoms with Crippen LogP contribution in [0.5, 0.6) is 0 Å². The number of allylic oxidation sites excluding steroid dienone is 1. The summed E-state index contributed by atoms with van der Waals surface area (Å²) in [7, 11) is 1.63. The van der Waals surface area contributed by atoms with E-state index in [1.165, 1.54) is 15.9 Å². The van der Waals surface area contributed by atoms with E-state index in [1.54, 1.807) is 55.3 Å². The van der Waals surface area contributed by atoms with Crippen LogP contribution >= 0.6 is 11.6 Å². The summed E-state index contributed by atoms with van der Waals surface area (Å²) in [6.45, 7) is 2.87. The molecule has 0 aromatic heterocycles. The molecule has 1 N–H and O–H groups in total. The second kappa shape index (κ2) is 13.0. The molecule has 0 aliphatic carbocycles. The van der Waals surface area contributed by atoms with Crippen LogP contribution in [0.15, 0.2) is 78.0 Å². The normalized spacial score (nSPS) is 17.1. The third-order valence-corrected chi connectivity index (χ3v) is 8.40. The molecule has 224 valence electrons. The Hall–Kier alpha value is -4.24. The van der Waals surface area contributed by atoms with E-state index < -0.39 is 29.6 Å². The molecule has 1 atom stereocenters. The molecule has 0 spiro atoms. The molecule has 1 fully saturated rings. The van der Waals surface area contributed by atoms with Gasteiger partial charge < -0.3 is 15.1 Å². The monoisotopic (exact) mass is 606 g/mol. The van der Waals surface area contributed by atoms with Crippen molar-refractivity contribution in [3.8, 4) is 0 Å². The smallest absolute Gasteiger partial charge is 0.322 e. The van der Waals surface area contributed by atoms with Crippen molar-refractivity contribution in [2.45, 2.75) is 45.3 Å². The Bertz CT molecular complexity index is 1590. The molecule has 43 heavy (non-hydrogen) atoms. The van der Waals surface area contributed by atoms with Crippen molar-refractivity contribution in [1.29, 1.82) is 0 Å². The van der Waals surface area contributed by atoms with Crippen LogP contribution < -0.4 is 5.32 Å². The summed E-state index contributed by atoms with van der Waals surface area (Å²) in [6, 6.07) is 15.8. The number of nitrogens with one attached hydrogen (secondary N) is 1. The van der Waals surface area contributed by atoms with Gasteiger partial charge in [-0.2, -0.15) is 0 Å². The third kappa shape index (κ3) is 6.41. The number of benzene rings is 3. The van der Waals surface area contributed by atoms with Crippen LogP contribution in [0.2, 0.25) is 5.02 Å². The maximum atomic E-state index is 14.6. The largest absolute Gasteiger partial charge is 0.339 e. The second-order valence-corrected chi connectivity index (χ2v) is 11.3. The first-order chi connectivity index (χ1) is 20.7. The Morgan fingerprint density at radius 3 is 2.40 bits per heavy atom. The summed E-state index contributed by atoms with van der Waals surface area (Å²) in [6.07, 6.45) is 2.89. The van der Waals surface area contributed by atoms with Gasteiger partial charge >= 0.3 is 6.03 Å². The molecule has 3 aromatic carbocycles. The summed E-state index contributed by atoms with van der Waals surface area (Å²) < 4.78 is 28.2. The van der Waals surface area contributed by atoms with E-state index in [1.807, 2.05) is 12.1 Å². The van der Waals surface area contributed by atoms with E-state index >= 15 is 0 Å². The van der Waals surface area contributed by atoms with Crippen molar-refractivity contribution < 1.29 is 23.2 Å². The van der Waals surface area contributed by atoms with Gasteiger partial charge in [0, 0.05) is 54.6 Å². The van der Waals surface area contributed by atoms with Crippen LogP contribution in [-0.2, 0) is 17.9 Å². The highest BCUT2D eigenvalue weighted by atomic mass is 35.5. The highest BCUT2D eigenvalue weighted by Crippen LogP contribution is 2.35. The summed E-state index contributed by atoms with van der Waals surface area (Å²) in [5.74, 6) is -2.09. The van der Waals surface area contributed by atoms with Crippen molar-refractivity contribution >= 4 is 29.4 Å². The Morgan fingerprint density at radius 1 is 0.977 bits per heavy atom. The van der Waals surface area contributed by atoms with Crippen molar-refractivity contribution in [3.05, 3.63) is 117 Å². The Kier molecular flexibility index (Phi) is 9.11. The average Bonchev–Trinajstić information content (AvgIpc) is 3.00. The van der Waals surface area contributed by atoms with Crippen LogP contribution in [0.3, 0.4) is 0 Å². The molecule has 0 saturated carbocycles. The number of nitrogens with zero attached hydrogens (tertiary/aromatic N) is 3. The number of urea groups is 1. The lowest BCUT2D eigenvalue weighted by molar-refractivity contribution is -0.127. The zero-order chi connectivity index (χ0) is 30.7. The first kappa shape index (κ1) is 30.2. The first-order valence-corrected chi connectivity index (χ1v) is 14.6. The van der Waals surface area contributed by atoms with Crippen LogP contribution in [0.4, 0.5) is 13.6 Å². The number of likely N-dealkylation sites (tertiary alicyclic amines) is 1.